The van der Waals surface area contributed by atoms with Crippen LogP contribution in [-0.2, 0) is 0 Å². The number of hydrogen-bond donors (Lipinski definition) is 0. The third-order valence-electron chi connectivity index (χ3n) is 1.97. The van der Waals surface area contributed by atoms with Gasteiger partial charge in [0.1, 0.15) is 10.7 Å². The first-order chi connectivity index (χ1) is 7.56. The minimum absolute atomic E-state index is 0.0457. The molecule has 2 aromatic rings. The Labute approximate surface area is 107 Å². The van der Waals surface area contributed by atoms with Gasteiger partial charge in [-0.25, -0.2) is 4.98 Å². The van der Waals surface area contributed by atoms with E-state index in [4.69, 9.17) is 23.2 Å². The number of nitrogens with zero attached hydrogens (tertiary/aromatic N) is 1. The minimum atomic E-state index is -0.0457. The summed E-state index contributed by atoms with van der Waals surface area (Å²) in [6, 6.07) is 5.21. The van der Waals surface area contributed by atoms with Crippen molar-refractivity contribution in [3.63, 3.8) is 0 Å². The van der Waals surface area contributed by atoms with E-state index in [1.165, 1.54) is 18.3 Å². The number of benzene rings is 1. The van der Waals surface area contributed by atoms with Crippen molar-refractivity contribution in [2.75, 3.05) is 0 Å². The Bertz CT molecular complexity index is 530. The first kappa shape index (κ1) is 11.6. The van der Waals surface area contributed by atoms with Gasteiger partial charge >= 0.3 is 0 Å². The van der Waals surface area contributed by atoms with Crippen LogP contribution >= 0.6 is 34.5 Å². The van der Waals surface area contributed by atoms with E-state index in [0.717, 1.165) is 10.6 Å². The van der Waals surface area contributed by atoms with Crippen molar-refractivity contribution >= 4 is 40.3 Å². The molecular weight excluding hydrogens is 265 g/mol. The third-order valence-corrected chi connectivity index (χ3v) is 3.30. The number of thiazole rings is 1. The lowest BCUT2D eigenvalue weighted by Gasteiger charge is -1.98. The van der Waals surface area contributed by atoms with Gasteiger partial charge in [-0.3, -0.25) is 4.79 Å². The van der Waals surface area contributed by atoms with Crippen molar-refractivity contribution in [1.29, 1.82) is 0 Å². The van der Waals surface area contributed by atoms with Gasteiger partial charge in [-0.15, -0.1) is 11.3 Å². The highest BCUT2D eigenvalue weighted by Crippen LogP contribution is 2.29. The van der Waals surface area contributed by atoms with E-state index in [2.05, 4.69) is 4.98 Å². The molecule has 0 aliphatic heterocycles. The summed E-state index contributed by atoms with van der Waals surface area (Å²) in [4.78, 5) is 15.3. The quantitative estimate of drug-likeness (QED) is 0.762. The summed E-state index contributed by atoms with van der Waals surface area (Å²) in [6.45, 7) is 1.49. The maximum absolute atomic E-state index is 11.1. The SMILES string of the molecule is CC(=O)c1csc(-c2cc(Cl)cc(Cl)c2)n1. The Kier molecular flexibility index (Phi) is 3.28. The van der Waals surface area contributed by atoms with Crippen LogP contribution in [0.5, 0.6) is 0 Å². The van der Waals surface area contributed by atoms with Gasteiger partial charge in [-0.05, 0) is 18.2 Å². The van der Waals surface area contributed by atoms with Crippen molar-refractivity contribution in [1.82, 2.24) is 4.98 Å². The van der Waals surface area contributed by atoms with Crippen LogP contribution in [0.4, 0.5) is 0 Å². The Morgan fingerprint density at radius 3 is 2.38 bits per heavy atom. The molecule has 0 unspecified atom stereocenters. The number of carbonyl (C=O) groups excluding carboxylic acids is 1. The zero-order valence-electron chi connectivity index (χ0n) is 8.33. The molecule has 1 aromatic heterocycles. The lowest BCUT2D eigenvalue weighted by molar-refractivity contribution is 0.101. The van der Waals surface area contributed by atoms with Gasteiger partial charge in [0.05, 0.1) is 0 Å². The molecule has 0 atom stereocenters. The van der Waals surface area contributed by atoms with E-state index in [1.807, 2.05) is 0 Å². The molecular formula is C11H7Cl2NOS. The molecule has 1 aromatic carbocycles. The van der Waals surface area contributed by atoms with Crippen LogP contribution < -0.4 is 0 Å². The molecule has 0 aliphatic carbocycles. The van der Waals surface area contributed by atoms with Crippen molar-refractivity contribution in [2.45, 2.75) is 6.92 Å². The number of rotatable bonds is 2. The van der Waals surface area contributed by atoms with E-state index >= 15 is 0 Å². The van der Waals surface area contributed by atoms with Crippen molar-refractivity contribution < 1.29 is 4.79 Å². The van der Waals surface area contributed by atoms with Crippen LogP contribution in [0.25, 0.3) is 10.6 Å². The fraction of sp³-hybridized carbons (Fsp3) is 0.0909. The Balaban J connectivity index is 2.46. The Hall–Kier alpha value is -0.900. The number of carbonyl (C=O) groups is 1. The summed E-state index contributed by atoms with van der Waals surface area (Å²) in [6.07, 6.45) is 0. The summed E-state index contributed by atoms with van der Waals surface area (Å²) < 4.78 is 0. The van der Waals surface area contributed by atoms with Gasteiger partial charge < -0.3 is 0 Å². The zero-order chi connectivity index (χ0) is 11.7. The van der Waals surface area contributed by atoms with Crippen LogP contribution in [0.2, 0.25) is 10.0 Å². The van der Waals surface area contributed by atoms with Crippen molar-refractivity contribution in [3.8, 4) is 10.6 Å². The fourth-order valence-electron chi connectivity index (χ4n) is 1.25. The number of Topliss-reactive ketones (excluding diaryl/α,β-unsaturated/α-hetero) is 1. The molecule has 0 aliphatic rings. The van der Waals surface area contributed by atoms with Gasteiger partial charge in [0.25, 0.3) is 0 Å². The van der Waals surface area contributed by atoms with Crippen LogP contribution in [0.3, 0.4) is 0 Å². The highest BCUT2D eigenvalue weighted by atomic mass is 35.5. The molecule has 82 valence electrons. The van der Waals surface area contributed by atoms with Crippen LogP contribution in [0.15, 0.2) is 23.6 Å². The maximum Gasteiger partial charge on any atom is 0.178 e. The minimum Gasteiger partial charge on any atom is -0.293 e. The second-order valence-corrected chi connectivity index (χ2v) is 4.98. The fourth-order valence-corrected chi connectivity index (χ4v) is 2.62. The standard InChI is InChI=1S/C11H7Cl2NOS/c1-6(15)10-5-16-11(14-10)7-2-8(12)4-9(13)3-7/h2-5H,1H3. The molecule has 2 nitrogen and oxygen atoms in total. The van der Waals surface area contributed by atoms with E-state index in [-0.39, 0.29) is 5.78 Å². The van der Waals surface area contributed by atoms with Crippen LogP contribution in [0.1, 0.15) is 17.4 Å². The normalized spacial score (nSPS) is 10.4. The van der Waals surface area contributed by atoms with Crippen molar-refractivity contribution in [3.05, 3.63) is 39.3 Å². The predicted octanol–water partition coefficient (Wildman–Crippen LogP) is 4.32. The average molecular weight is 272 g/mol. The first-order valence-corrected chi connectivity index (χ1v) is 6.13. The smallest absolute Gasteiger partial charge is 0.178 e. The second kappa shape index (κ2) is 4.53. The predicted molar refractivity (Wildman–Crippen MR) is 67.6 cm³/mol. The number of hydrogen-bond acceptors (Lipinski definition) is 3. The highest BCUT2D eigenvalue weighted by Gasteiger charge is 2.09. The Morgan fingerprint density at radius 2 is 1.88 bits per heavy atom. The van der Waals surface area contributed by atoms with Gasteiger partial charge in [0, 0.05) is 27.9 Å². The molecule has 5 heteroatoms. The molecule has 0 N–H and O–H groups in total. The van der Waals surface area contributed by atoms with Crippen LogP contribution in [0, 0.1) is 0 Å². The first-order valence-electron chi connectivity index (χ1n) is 4.49. The monoisotopic (exact) mass is 271 g/mol. The summed E-state index contributed by atoms with van der Waals surface area (Å²) in [7, 11) is 0. The van der Waals surface area contributed by atoms with Gasteiger partial charge in [0.15, 0.2) is 5.78 Å². The summed E-state index contributed by atoms with van der Waals surface area (Å²) in [5.41, 5.74) is 1.30. The van der Waals surface area contributed by atoms with E-state index < -0.39 is 0 Å². The number of aromatic nitrogens is 1. The molecule has 0 saturated heterocycles. The van der Waals surface area contributed by atoms with Gasteiger partial charge in [-0.1, -0.05) is 23.2 Å². The molecule has 0 fully saturated rings. The molecule has 16 heavy (non-hydrogen) atoms. The highest BCUT2D eigenvalue weighted by molar-refractivity contribution is 7.13. The summed E-state index contributed by atoms with van der Waals surface area (Å²) in [5.74, 6) is -0.0457. The molecule has 0 spiro atoms. The molecule has 0 saturated carbocycles. The average Bonchev–Trinajstić information content (AvgIpc) is 2.64. The largest absolute Gasteiger partial charge is 0.293 e. The second-order valence-electron chi connectivity index (χ2n) is 3.25. The lowest BCUT2D eigenvalue weighted by atomic mass is 10.2. The molecule has 1 heterocycles. The third kappa shape index (κ3) is 2.43. The number of ketones is 1. The van der Waals surface area contributed by atoms with E-state index in [9.17, 15) is 4.79 Å². The van der Waals surface area contributed by atoms with Crippen LogP contribution in [-0.4, -0.2) is 10.8 Å². The number of halogens is 2. The van der Waals surface area contributed by atoms with E-state index in [0.29, 0.717) is 15.7 Å². The molecule has 0 radical (unpaired) electrons. The lowest BCUT2D eigenvalue weighted by Crippen LogP contribution is -1.91. The summed E-state index contributed by atoms with van der Waals surface area (Å²) >= 11 is 13.2. The molecule has 0 bridgehead atoms. The Morgan fingerprint density at radius 1 is 1.25 bits per heavy atom. The molecule has 0 amide bonds. The summed E-state index contributed by atoms with van der Waals surface area (Å²) in [5, 5.41) is 3.59. The molecule has 2 rings (SSSR count). The van der Waals surface area contributed by atoms with Crippen molar-refractivity contribution in [2.24, 2.45) is 0 Å². The van der Waals surface area contributed by atoms with Gasteiger partial charge in [-0.2, -0.15) is 0 Å². The van der Waals surface area contributed by atoms with E-state index in [1.54, 1.807) is 23.6 Å². The zero-order valence-corrected chi connectivity index (χ0v) is 10.7. The maximum atomic E-state index is 11.1. The topological polar surface area (TPSA) is 30.0 Å². The van der Waals surface area contributed by atoms with Gasteiger partial charge in [0.2, 0.25) is 0 Å².